The molecule has 0 aliphatic heterocycles. The number of carbonyl (C=O) groups is 1. The van der Waals surface area contributed by atoms with Crippen LogP contribution in [0.15, 0.2) is 0 Å². The van der Waals surface area contributed by atoms with Crippen molar-refractivity contribution >= 4 is 5.91 Å². The number of hydrogen-bond donors (Lipinski definition) is 3. The first-order valence-electron chi connectivity index (χ1n) is 6.81. The van der Waals surface area contributed by atoms with E-state index in [1.807, 2.05) is 0 Å². The summed E-state index contributed by atoms with van der Waals surface area (Å²) in [5.74, 6) is 0.0535. The fraction of sp³-hybridized carbons (Fsp3) is 0.923. The third-order valence-electron chi connectivity index (χ3n) is 4.55. The maximum absolute atomic E-state index is 12.2. The summed E-state index contributed by atoms with van der Waals surface area (Å²) in [6.45, 7) is 0.824. The van der Waals surface area contributed by atoms with Crippen LogP contribution in [0.5, 0.6) is 0 Å². The van der Waals surface area contributed by atoms with Crippen LogP contribution in [0.2, 0.25) is 0 Å². The van der Waals surface area contributed by atoms with Gasteiger partial charge in [-0.25, -0.2) is 0 Å². The van der Waals surface area contributed by atoms with Crippen molar-refractivity contribution in [3.05, 3.63) is 0 Å². The highest BCUT2D eigenvalue weighted by molar-refractivity contribution is 5.83. The largest absolute Gasteiger partial charge is 0.388 e. The minimum Gasteiger partial charge on any atom is -0.388 e. The zero-order valence-electron chi connectivity index (χ0n) is 10.5. The van der Waals surface area contributed by atoms with Crippen molar-refractivity contribution in [3.8, 4) is 0 Å². The minimum absolute atomic E-state index is 0.0535. The van der Waals surface area contributed by atoms with Gasteiger partial charge in [0, 0.05) is 13.1 Å². The Bertz CT molecular complexity index is 279. The van der Waals surface area contributed by atoms with Crippen LogP contribution < -0.4 is 11.1 Å². The molecule has 0 saturated heterocycles. The lowest BCUT2D eigenvalue weighted by molar-refractivity contribution is -0.131. The summed E-state index contributed by atoms with van der Waals surface area (Å²) < 4.78 is 0. The SMILES string of the molecule is NCC1(C(=O)NCC2(O)CCCC2)CCCC1. The van der Waals surface area contributed by atoms with Gasteiger partial charge in [-0.1, -0.05) is 25.7 Å². The number of aliphatic hydroxyl groups is 1. The molecule has 0 spiro atoms. The Kier molecular flexibility index (Phi) is 3.73. The zero-order valence-corrected chi connectivity index (χ0v) is 10.5. The lowest BCUT2D eigenvalue weighted by Crippen LogP contribution is -2.49. The number of nitrogens with two attached hydrogens (primary N) is 1. The molecular weight excluding hydrogens is 216 g/mol. The molecular formula is C13H24N2O2. The molecule has 98 valence electrons. The van der Waals surface area contributed by atoms with Crippen LogP contribution in [-0.2, 0) is 4.79 Å². The molecule has 2 saturated carbocycles. The fourth-order valence-corrected chi connectivity index (χ4v) is 3.22. The van der Waals surface area contributed by atoms with Crippen molar-refractivity contribution in [1.82, 2.24) is 5.32 Å². The third-order valence-corrected chi connectivity index (χ3v) is 4.55. The van der Waals surface area contributed by atoms with E-state index in [1.54, 1.807) is 0 Å². The van der Waals surface area contributed by atoms with Crippen molar-refractivity contribution < 1.29 is 9.90 Å². The molecule has 2 fully saturated rings. The third kappa shape index (κ3) is 2.63. The van der Waals surface area contributed by atoms with E-state index in [1.165, 1.54) is 0 Å². The average molecular weight is 240 g/mol. The first-order valence-corrected chi connectivity index (χ1v) is 6.81. The van der Waals surface area contributed by atoms with Crippen molar-refractivity contribution in [1.29, 1.82) is 0 Å². The van der Waals surface area contributed by atoms with E-state index in [2.05, 4.69) is 5.32 Å². The molecule has 0 atom stereocenters. The van der Waals surface area contributed by atoms with Crippen LogP contribution >= 0.6 is 0 Å². The van der Waals surface area contributed by atoms with Gasteiger partial charge in [-0.2, -0.15) is 0 Å². The lowest BCUT2D eigenvalue weighted by atomic mass is 9.85. The quantitative estimate of drug-likeness (QED) is 0.684. The monoisotopic (exact) mass is 240 g/mol. The van der Waals surface area contributed by atoms with Crippen LogP contribution in [0.1, 0.15) is 51.4 Å². The van der Waals surface area contributed by atoms with Crippen molar-refractivity contribution in [2.75, 3.05) is 13.1 Å². The second-order valence-corrected chi connectivity index (χ2v) is 5.81. The first-order chi connectivity index (χ1) is 8.10. The summed E-state index contributed by atoms with van der Waals surface area (Å²) in [7, 11) is 0. The Morgan fingerprint density at radius 1 is 1.12 bits per heavy atom. The zero-order chi connectivity index (χ0) is 12.4. The number of amides is 1. The molecule has 0 bridgehead atoms. The summed E-state index contributed by atoms with van der Waals surface area (Å²) in [6, 6.07) is 0. The number of carbonyl (C=O) groups excluding carboxylic acids is 1. The van der Waals surface area contributed by atoms with Gasteiger partial charge >= 0.3 is 0 Å². The molecule has 0 aromatic carbocycles. The van der Waals surface area contributed by atoms with Gasteiger partial charge < -0.3 is 16.2 Å². The number of nitrogens with one attached hydrogen (secondary N) is 1. The number of rotatable bonds is 4. The standard InChI is InChI=1S/C13H24N2O2/c14-9-12(5-1-2-6-12)11(16)15-10-13(17)7-3-4-8-13/h17H,1-10,14H2,(H,15,16). The highest BCUT2D eigenvalue weighted by atomic mass is 16.3. The predicted octanol–water partition coefficient (Wildman–Crippen LogP) is 0.927. The second kappa shape index (κ2) is 4.94. The van der Waals surface area contributed by atoms with Crippen molar-refractivity contribution in [2.45, 2.75) is 57.0 Å². The van der Waals surface area contributed by atoms with Gasteiger partial charge in [0.15, 0.2) is 0 Å². The van der Waals surface area contributed by atoms with Crippen molar-refractivity contribution in [2.24, 2.45) is 11.1 Å². The molecule has 0 aromatic rings. The molecule has 0 heterocycles. The molecule has 0 aromatic heterocycles. The Morgan fingerprint density at radius 2 is 1.65 bits per heavy atom. The Hall–Kier alpha value is -0.610. The summed E-state index contributed by atoms with van der Waals surface area (Å²) in [5, 5.41) is 13.1. The van der Waals surface area contributed by atoms with Gasteiger partial charge in [0.25, 0.3) is 0 Å². The summed E-state index contributed by atoms with van der Waals surface area (Å²) in [4.78, 5) is 12.2. The van der Waals surface area contributed by atoms with E-state index in [-0.39, 0.29) is 11.3 Å². The van der Waals surface area contributed by atoms with Crippen LogP contribution in [0.25, 0.3) is 0 Å². The normalized spacial score (nSPS) is 26.0. The Morgan fingerprint density at radius 3 is 2.18 bits per heavy atom. The van der Waals surface area contributed by atoms with E-state index >= 15 is 0 Å². The van der Waals surface area contributed by atoms with Gasteiger partial charge in [0.2, 0.25) is 5.91 Å². The summed E-state index contributed by atoms with van der Waals surface area (Å²) >= 11 is 0. The number of hydrogen-bond acceptors (Lipinski definition) is 3. The summed E-state index contributed by atoms with van der Waals surface area (Å²) in [5.41, 5.74) is 4.75. The fourth-order valence-electron chi connectivity index (χ4n) is 3.22. The van der Waals surface area contributed by atoms with Gasteiger partial charge in [0.1, 0.15) is 0 Å². The van der Waals surface area contributed by atoms with Crippen LogP contribution in [0.3, 0.4) is 0 Å². The Labute approximate surface area is 103 Å². The maximum Gasteiger partial charge on any atom is 0.227 e. The lowest BCUT2D eigenvalue weighted by Gasteiger charge is -2.29. The molecule has 1 amide bonds. The van der Waals surface area contributed by atoms with E-state index < -0.39 is 5.60 Å². The smallest absolute Gasteiger partial charge is 0.227 e. The second-order valence-electron chi connectivity index (χ2n) is 5.81. The molecule has 2 rings (SSSR count). The molecule has 17 heavy (non-hydrogen) atoms. The van der Waals surface area contributed by atoms with Crippen LogP contribution in [0, 0.1) is 5.41 Å². The predicted molar refractivity (Wildman–Crippen MR) is 66.4 cm³/mol. The van der Waals surface area contributed by atoms with Gasteiger partial charge in [-0.15, -0.1) is 0 Å². The molecule has 2 aliphatic carbocycles. The summed E-state index contributed by atoms with van der Waals surface area (Å²) in [6.07, 6.45) is 7.72. The van der Waals surface area contributed by atoms with Crippen LogP contribution in [0.4, 0.5) is 0 Å². The molecule has 4 N–H and O–H groups in total. The highest BCUT2D eigenvalue weighted by Gasteiger charge is 2.41. The van der Waals surface area contributed by atoms with E-state index in [4.69, 9.17) is 5.73 Å². The highest BCUT2D eigenvalue weighted by Crippen LogP contribution is 2.37. The van der Waals surface area contributed by atoms with E-state index in [0.29, 0.717) is 13.1 Å². The molecule has 0 radical (unpaired) electrons. The molecule has 2 aliphatic rings. The van der Waals surface area contributed by atoms with Crippen molar-refractivity contribution in [3.63, 3.8) is 0 Å². The van der Waals surface area contributed by atoms with E-state index in [0.717, 1.165) is 51.4 Å². The molecule has 4 heteroatoms. The van der Waals surface area contributed by atoms with Crippen LogP contribution in [-0.4, -0.2) is 29.7 Å². The molecule has 0 unspecified atom stereocenters. The van der Waals surface area contributed by atoms with Gasteiger partial charge in [-0.3, -0.25) is 4.79 Å². The minimum atomic E-state index is -0.663. The van der Waals surface area contributed by atoms with Gasteiger partial charge in [-0.05, 0) is 25.7 Å². The van der Waals surface area contributed by atoms with Gasteiger partial charge in [0.05, 0.1) is 11.0 Å². The molecule has 4 nitrogen and oxygen atoms in total. The first kappa shape index (κ1) is 12.8. The maximum atomic E-state index is 12.2. The van der Waals surface area contributed by atoms with E-state index in [9.17, 15) is 9.90 Å². The average Bonchev–Trinajstić information content (AvgIpc) is 2.96. The Balaban J connectivity index is 1.88. The topological polar surface area (TPSA) is 75.4 Å².